The molecule has 1 aliphatic rings. The van der Waals surface area contributed by atoms with Crippen molar-refractivity contribution in [1.29, 1.82) is 0 Å². The first-order chi connectivity index (χ1) is 15.0. The number of rotatable bonds is 6. The summed E-state index contributed by atoms with van der Waals surface area (Å²) in [7, 11) is 0. The van der Waals surface area contributed by atoms with Crippen LogP contribution < -0.4 is 15.0 Å². The van der Waals surface area contributed by atoms with Crippen molar-refractivity contribution in [3.05, 3.63) is 70.2 Å². The molecular weight excluding hydrogens is 410 g/mol. The molecule has 2 aromatic carbocycles. The number of benzene rings is 2. The second-order valence-electron chi connectivity index (χ2n) is 7.84. The number of morpholine rings is 1. The molecule has 1 aromatic heterocycles. The Balaban J connectivity index is 1.36. The third kappa shape index (κ3) is 5.62. The van der Waals surface area contributed by atoms with Crippen LogP contribution in [0.2, 0.25) is 0 Å². The molecular formula is C24H27N3O3S. The monoisotopic (exact) mass is 437 g/mol. The molecule has 2 unspecified atom stereocenters. The van der Waals surface area contributed by atoms with E-state index in [-0.39, 0.29) is 18.1 Å². The molecule has 4 rings (SSSR count). The molecule has 31 heavy (non-hydrogen) atoms. The molecule has 7 heteroatoms. The first-order valence-electron chi connectivity index (χ1n) is 10.4. The largest absolute Gasteiger partial charge is 0.487 e. The predicted octanol–water partition coefficient (Wildman–Crippen LogP) is 4.90. The smallest absolute Gasteiger partial charge is 0.255 e. The fraction of sp³-hybridized carbons (Fsp3) is 0.333. The normalized spacial score (nSPS) is 18.6. The Bertz CT molecular complexity index is 1020. The highest BCUT2D eigenvalue weighted by Gasteiger charge is 2.22. The summed E-state index contributed by atoms with van der Waals surface area (Å²) in [5.41, 5.74) is 3.33. The topological polar surface area (TPSA) is 63.7 Å². The number of ether oxygens (including phenoxy) is 2. The van der Waals surface area contributed by atoms with Crippen molar-refractivity contribution in [1.82, 2.24) is 4.98 Å². The number of thiazole rings is 1. The molecule has 162 valence electrons. The van der Waals surface area contributed by atoms with Gasteiger partial charge in [-0.1, -0.05) is 6.07 Å². The highest BCUT2D eigenvalue weighted by Crippen LogP contribution is 2.23. The summed E-state index contributed by atoms with van der Waals surface area (Å²) in [6.45, 7) is 8.26. The quantitative estimate of drug-likeness (QED) is 0.594. The van der Waals surface area contributed by atoms with E-state index in [9.17, 15) is 4.79 Å². The Morgan fingerprint density at radius 2 is 1.94 bits per heavy atom. The van der Waals surface area contributed by atoms with Crippen molar-refractivity contribution in [3.63, 3.8) is 0 Å². The van der Waals surface area contributed by atoms with Crippen LogP contribution in [0.3, 0.4) is 0 Å². The average molecular weight is 438 g/mol. The molecule has 2 heterocycles. The minimum Gasteiger partial charge on any atom is -0.487 e. The van der Waals surface area contributed by atoms with Crippen LogP contribution in [0, 0.1) is 6.92 Å². The zero-order chi connectivity index (χ0) is 21.8. The summed E-state index contributed by atoms with van der Waals surface area (Å²) in [6.07, 6.45) is 0.411. The molecule has 0 aliphatic carbocycles. The molecule has 1 aliphatic heterocycles. The van der Waals surface area contributed by atoms with E-state index in [0.717, 1.165) is 35.2 Å². The van der Waals surface area contributed by atoms with E-state index in [1.807, 2.05) is 48.7 Å². The van der Waals surface area contributed by atoms with Gasteiger partial charge in [0.25, 0.3) is 5.91 Å². The Hall–Kier alpha value is -2.90. The maximum absolute atomic E-state index is 12.7. The minimum absolute atomic E-state index is 0.170. The van der Waals surface area contributed by atoms with Gasteiger partial charge >= 0.3 is 0 Å². The molecule has 3 aromatic rings. The average Bonchev–Trinajstić information content (AvgIpc) is 3.17. The van der Waals surface area contributed by atoms with Gasteiger partial charge in [0, 0.05) is 35.4 Å². The lowest BCUT2D eigenvalue weighted by atomic mass is 10.1. The van der Waals surface area contributed by atoms with E-state index in [4.69, 9.17) is 9.47 Å². The maximum Gasteiger partial charge on any atom is 0.255 e. The van der Waals surface area contributed by atoms with Gasteiger partial charge in [0.2, 0.25) is 0 Å². The van der Waals surface area contributed by atoms with Crippen molar-refractivity contribution >= 4 is 28.6 Å². The third-order valence-electron chi connectivity index (χ3n) is 5.06. The van der Waals surface area contributed by atoms with Gasteiger partial charge in [-0.15, -0.1) is 11.3 Å². The van der Waals surface area contributed by atoms with E-state index in [2.05, 4.69) is 29.0 Å². The van der Waals surface area contributed by atoms with Gasteiger partial charge in [-0.05, 0) is 63.2 Å². The highest BCUT2D eigenvalue weighted by atomic mass is 32.1. The van der Waals surface area contributed by atoms with Gasteiger partial charge in [0.15, 0.2) is 0 Å². The third-order valence-corrected chi connectivity index (χ3v) is 5.88. The molecule has 1 N–H and O–H groups in total. The number of carbonyl (C=O) groups is 1. The molecule has 2 atom stereocenters. The van der Waals surface area contributed by atoms with E-state index < -0.39 is 0 Å². The van der Waals surface area contributed by atoms with Gasteiger partial charge < -0.3 is 19.7 Å². The van der Waals surface area contributed by atoms with E-state index in [1.165, 1.54) is 0 Å². The number of carbonyl (C=O) groups excluding carboxylic acids is 1. The molecule has 1 fully saturated rings. The van der Waals surface area contributed by atoms with Crippen LogP contribution in [0.25, 0.3) is 0 Å². The van der Waals surface area contributed by atoms with Crippen molar-refractivity contribution < 1.29 is 14.3 Å². The second kappa shape index (κ2) is 9.49. The van der Waals surface area contributed by atoms with Crippen LogP contribution in [-0.2, 0) is 11.3 Å². The standard InChI is InChI=1S/C24H27N3O3S/c1-16-12-27(13-17(2)30-16)22-9-7-20(8-10-22)26-24(28)19-5-4-6-23(11-19)29-14-21-15-31-18(3)25-21/h4-11,15-17H,12-14H2,1-3H3,(H,26,28). The van der Waals surface area contributed by atoms with Gasteiger partial charge in [0.1, 0.15) is 12.4 Å². The lowest BCUT2D eigenvalue weighted by Crippen LogP contribution is -2.45. The van der Waals surface area contributed by atoms with Crippen LogP contribution in [0.15, 0.2) is 53.9 Å². The number of amides is 1. The molecule has 1 saturated heterocycles. The molecule has 6 nitrogen and oxygen atoms in total. The SMILES string of the molecule is Cc1nc(COc2cccc(C(=O)Nc3ccc(N4CC(C)OC(C)C4)cc3)c2)cs1. The summed E-state index contributed by atoms with van der Waals surface area (Å²) in [5, 5.41) is 5.95. The molecule has 1 amide bonds. The fourth-order valence-electron chi connectivity index (χ4n) is 3.71. The van der Waals surface area contributed by atoms with Crippen molar-refractivity contribution in [2.24, 2.45) is 0 Å². The predicted molar refractivity (Wildman–Crippen MR) is 124 cm³/mol. The van der Waals surface area contributed by atoms with E-state index in [1.54, 1.807) is 23.5 Å². The first kappa shape index (κ1) is 21.3. The van der Waals surface area contributed by atoms with Crippen molar-refractivity contribution in [2.75, 3.05) is 23.3 Å². The summed E-state index contributed by atoms with van der Waals surface area (Å²) in [4.78, 5) is 19.4. The number of hydrogen-bond acceptors (Lipinski definition) is 6. The van der Waals surface area contributed by atoms with E-state index in [0.29, 0.717) is 17.9 Å². The molecule has 0 spiro atoms. The van der Waals surface area contributed by atoms with Gasteiger partial charge in [0.05, 0.1) is 22.9 Å². The lowest BCUT2D eigenvalue weighted by molar-refractivity contribution is -0.00521. The molecule has 0 bridgehead atoms. The van der Waals surface area contributed by atoms with Crippen molar-refractivity contribution in [2.45, 2.75) is 39.6 Å². The van der Waals surface area contributed by atoms with Crippen LogP contribution in [0.4, 0.5) is 11.4 Å². The van der Waals surface area contributed by atoms with Gasteiger partial charge in [-0.25, -0.2) is 4.98 Å². The Morgan fingerprint density at radius 1 is 1.19 bits per heavy atom. The number of aromatic nitrogens is 1. The zero-order valence-electron chi connectivity index (χ0n) is 18.0. The van der Waals surface area contributed by atoms with E-state index >= 15 is 0 Å². The van der Waals surface area contributed by atoms with Crippen LogP contribution >= 0.6 is 11.3 Å². The van der Waals surface area contributed by atoms with Crippen LogP contribution in [0.5, 0.6) is 5.75 Å². The highest BCUT2D eigenvalue weighted by molar-refractivity contribution is 7.09. The Kier molecular flexibility index (Phi) is 6.53. The number of anilines is 2. The number of nitrogens with one attached hydrogen (secondary N) is 1. The summed E-state index contributed by atoms with van der Waals surface area (Å²) >= 11 is 1.59. The maximum atomic E-state index is 12.7. The zero-order valence-corrected chi connectivity index (χ0v) is 18.8. The Morgan fingerprint density at radius 3 is 2.61 bits per heavy atom. The number of aryl methyl sites for hydroxylation is 1. The molecule has 0 radical (unpaired) electrons. The fourth-order valence-corrected chi connectivity index (χ4v) is 4.30. The van der Waals surface area contributed by atoms with Gasteiger partial charge in [-0.3, -0.25) is 4.79 Å². The summed E-state index contributed by atoms with van der Waals surface area (Å²) in [6, 6.07) is 15.1. The Labute approximate surface area is 186 Å². The summed E-state index contributed by atoms with van der Waals surface area (Å²) in [5.74, 6) is 0.473. The van der Waals surface area contributed by atoms with Crippen LogP contribution in [0.1, 0.15) is 34.9 Å². The number of nitrogens with zero attached hydrogens (tertiary/aromatic N) is 2. The first-order valence-corrected chi connectivity index (χ1v) is 11.3. The van der Waals surface area contributed by atoms with Crippen molar-refractivity contribution in [3.8, 4) is 5.75 Å². The molecule has 0 saturated carbocycles. The minimum atomic E-state index is -0.170. The van der Waals surface area contributed by atoms with Crippen LogP contribution in [-0.4, -0.2) is 36.2 Å². The van der Waals surface area contributed by atoms with Gasteiger partial charge in [-0.2, -0.15) is 0 Å². The second-order valence-corrected chi connectivity index (χ2v) is 8.90. The number of hydrogen-bond donors (Lipinski definition) is 1. The summed E-state index contributed by atoms with van der Waals surface area (Å²) < 4.78 is 11.6. The lowest BCUT2D eigenvalue weighted by Gasteiger charge is -2.36.